The molecule has 0 aliphatic heterocycles. The largest absolute Gasteiger partial charge is 0.490 e. The zero-order valence-corrected chi connectivity index (χ0v) is 19.7. The predicted octanol–water partition coefficient (Wildman–Crippen LogP) is 5.66. The molecule has 1 N–H and O–H groups in total. The number of hydrogen-bond donors (Lipinski definition) is 1. The van der Waals surface area contributed by atoms with Gasteiger partial charge in [0.05, 0.1) is 5.56 Å². The van der Waals surface area contributed by atoms with Crippen molar-refractivity contribution in [2.75, 3.05) is 19.8 Å². The van der Waals surface area contributed by atoms with Crippen molar-refractivity contribution in [3.8, 4) is 17.2 Å². The number of Topliss-reactive ketones (excluding diaryl/α,β-unsaturated/α-hetero) is 1. The van der Waals surface area contributed by atoms with Crippen molar-refractivity contribution < 1.29 is 28.9 Å². The highest BCUT2D eigenvalue weighted by Gasteiger charge is 2.15. The van der Waals surface area contributed by atoms with Gasteiger partial charge in [-0.05, 0) is 76.1 Å². The molecule has 0 saturated carbocycles. The van der Waals surface area contributed by atoms with Crippen LogP contribution in [-0.2, 0) is 11.2 Å². The van der Waals surface area contributed by atoms with Gasteiger partial charge >= 0.3 is 5.97 Å². The second-order valence-corrected chi connectivity index (χ2v) is 8.09. The maximum atomic E-state index is 12.9. The molecule has 6 heteroatoms. The zero-order valence-electron chi connectivity index (χ0n) is 19.7. The average molecular weight is 453 g/mol. The Bertz CT molecular complexity index is 994. The lowest BCUT2D eigenvalue weighted by Gasteiger charge is -2.12. The summed E-state index contributed by atoms with van der Waals surface area (Å²) in [6, 6.07) is 12.5. The molecule has 2 aromatic rings. The number of hydrogen-bond acceptors (Lipinski definition) is 5. The first kappa shape index (κ1) is 25.7. The Kier molecular flexibility index (Phi) is 10.2. The molecule has 0 unspecified atom stereocenters. The number of rotatable bonds is 13. The minimum atomic E-state index is -1.11. The normalized spacial score (nSPS) is 10.2. The molecular weight excluding hydrogens is 420 g/mol. The summed E-state index contributed by atoms with van der Waals surface area (Å²) in [6.45, 7) is 8.34. The fourth-order valence-electron chi connectivity index (χ4n) is 2.84. The van der Waals surface area contributed by atoms with Gasteiger partial charge in [-0.25, -0.2) is 4.79 Å². The topological polar surface area (TPSA) is 82.1 Å². The van der Waals surface area contributed by atoms with Crippen LogP contribution in [0, 0.1) is 0 Å². The molecule has 0 amide bonds. The molecule has 0 radical (unpaired) electrons. The second-order valence-electron chi connectivity index (χ2n) is 8.09. The quantitative estimate of drug-likeness (QED) is 0.312. The minimum absolute atomic E-state index is 0.130. The molecule has 2 aromatic carbocycles. The van der Waals surface area contributed by atoms with Crippen molar-refractivity contribution in [1.29, 1.82) is 0 Å². The highest BCUT2D eigenvalue weighted by molar-refractivity contribution is 5.99. The maximum Gasteiger partial charge on any atom is 0.341 e. The number of ketones is 1. The van der Waals surface area contributed by atoms with E-state index in [0.717, 1.165) is 16.9 Å². The number of aryl methyl sites for hydroxylation is 1. The van der Waals surface area contributed by atoms with Gasteiger partial charge in [0.25, 0.3) is 0 Å². The van der Waals surface area contributed by atoms with Gasteiger partial charge in [-0.2, -0.15) is 0 Å². The Morgan fingerprint density at radius 1 is 0.818 bits per heavy atom. The lowest BCUT2D eigenvalue weighted by Crippen LogP contribution is -2.12. The summed E-state index contributed by atoms with van der Waals surface area (Å²) in [5.41, 5.74) is 3.67. The first-order chi connectivity index (χ1) is 15.7. The molecule has 0 bridgehead atoms. The van der Waals surface area contributed by atoms with E-state index >= 15 is 0 Å². The number of carboxylic acids is 1. The molecule has 0 fully saturated rings. The Labute approximate surface area is 195 Å². The number of carbonyl (C=O) groups excluding carboxylic acids is 1. The number of carboxylic acid groups (broad SMARTS) is 1. The SMILES string of the molecule is CC(C)=CCOc1ccc(CCC(=O)c2ccc(OCC=C(C)C)cc2OCC(=O)O)cc1. The maximum absolute atomic E-state index is 12.9. The summed E-state index contributed by atoms with van der Waals surface area (Å²) < 4.78 is 16.7. The van der Waals surface area contributed by atoms with Crippen molar-refractivity contribution in [3.63, 3.8) is 0 Å². The number of carbonyl (C=O) groups is 2. The van der Waals surface area contributed by atoms with Crippen LogP contribution in [0.2, 0.25) is 0 Å². The molecular formula is C27H32O6. The fourth-order valence-corrected chi connectivity index (χ4v) is 2.84. The Morgan fingerprint density at radius 2 is 1.39 bits per heavy atom. The van der Waals surface area contributed by atoms with Gasteiger partial charge < -0.3 is 19.3 Å². The predicted molar refractivity (Wildman–Crippen MR) is 129 cm³/mol. The highest BCUT2D eigenvalue weighted by Crippen LogP contribution is 2.27. The molecule has 0 aliphatic rings. The number of allylic oxidation sites excluding steroid dienone is 2. The molecule has 6 nitrogen and oxygen atoms in total. The minimum Gasteiger partial charge on any atom is -0.490 e. The number of aliphatic carboxylic acids is 1. The molecule has 33 heavy (non-hydrogen) atoms. The Hall–Kier alpha value is -3.54. The smallest absolute Gasteiger partial charge is 0.341 e. The van der Waals surface area contributed by atoms with Crippen LogP contribution in [0.5, 0.6) is 17.2 Å². The van der Waals surface area contributed by atoms with Crippen LogP contribution in [0.25, 0.3) is 0 Å². The van der Waals surface area contributed by atoms with E-state index in [2.05, 4.69) is 0 Å². The third kappa shape index (κ3) is 9.64. The van der Waals surface area contributed by atoms with Crippen molar-refractivity contribution in [2.45, 2.75) is 40.5 Å². The van der Waals surface area contributed by atoms with E-state index in [4.69, 9.17) is 19.3 Å². The first-order valence-electron chi connectivity index (χ1n) is 10.9. The van der Waals surface area contributed by atoms with Gasteiger partial charge in [-0.3, -0.25) is 4.79 Å². The molecule has 0 saturated heterocycles. The van der Waals surface area contributed by atoms with E-state index in [1.54, 1.807) is 18.2 Å². The van der Waals surface area contributed by atoms with Gasteiger partial charge in [-0.1, -0.05) is 23.3 Å². The van der Waals surface area contributed by atoms with Gasteiger partial charge in [0.1, 0.15) is 30.5 Å². The molecule has 0 heterocycles. The summed E-state index contributed by atoms with van der Waals surface area (Å²) in [7, 11) is 0. The van der Waals surface area contributed by atoms with E-state index in [1.165, 1.54) is 5.57 Å². The molecule has 0 aromatic heterocycles. The van der Waals surface area contributed by atoms with Crippen molar-refractivity contribution in [1.82, 2.24) is 0 Å². The van der Waals surface area contributed by atoms with Crippen LogP contribution in [0.3, 0.4) is 0 Å². The first-order valence-corrected chi connectivity index (χ1v) is 10.9. The standard InChI is InChI=1S/C27H32O6/c1-19(2)13-15-31-22-8-5-21(6-9-22)7-12-25(28)24-11-10-23(32-16-14-20(3)4)17-26(24)33-18-27(29)30/h5-6,8-11,13-14,17H,7,12,15-16,18H2,1-4H3,(H,29,30). The summed E-state index contributed by atoms with van der Waals surface area (Å²) in [5.74, 6) is 0.246. The van der Waals surface area contributed by atoms with E-state index in [-0.39, 0.29) is 18.0 Å². The average Bonchev–Trinajstić information content (AvgIpc) is 2.76. The molecule has 0 aliphatic carbocycles. The summed E-state index contributed by atoms with van der Waals surface area (Å²) in [4.78, 5) is 23.8. The third-order valence-corrected chi connectivity index (χ3v) is 4.65. The van der Waals surface area contributed by atoms with E-state index in [0.29, 0.717) is 30.9 Å². The lowest BCUT2D eigenvalue weighted by atomic mass is 10.0. The summed E-state index contributed by atoms with van der Waals surface area (Å²) >= 11 is 0. The van der Waals surface area contributed by atoms with Crippen molar-refractivity contribution in [3.05, 3.63) is 76.9 Å². The van der Waals surface area contributed by atoms with Crippen molar-refractivity contribution in [2.24, 2.45) is 0 Å². The molecule has 0 spiro atoms. The van der Waals surface area contributed by atoms with Crippen LogP contribution in [0.15, 0.2) is 65.8 Å². The van der Waals surface area contributed by atoms with Gasteiger partial charge in [-0.15, -0.1) is 0 Å². The Balaban J connectivity index is 2.03. The van der Waals surface area contributed by atoms with E-state index < -0.39 is 12.6 Å². The van der Waals surface area contributed by atoms with E-state index in [1.807, 2.05) is 64.1 Å². The highest BCUT2D eigenvalue weighted by atomic mass is 16.5. The Morgan fingerprint density at radius 3 is 1.97 bits per heavy atom. The number of benzene rings is 2. The number of ether oxygens (including phenoxy) is 3. The van der Waals surface area contributed by atoms with Gasteiger partial charge in [0.15, 0.2) is 12.4 Å². The van der Waals surface area contributed by atoms with Gasteiger partial charge in [0.2, 0.25) is 0 Å². The van der Waals surface area contributed by atoms with Crippen LogP contribution in [0.1, 0.15) is 50.0 Å². The lowest BCUT2D eigenvalue weighted by molar-refractivity contribution is -0.139. The van der Waals surface area contributed by atoms with Crippen molar-refractivity contribution >= 4 is 11.8 Å². The third-order valence-electron chi connectivity index (χ3n) is 4.65. The molecule has 2 rings (SSSR count). The van der Waals surface area contributed by atoms with E-state index in [9.17, 15) is 9.59 Å². The fraction of sp³-hybridized carbons (Fsp3) is 0.333. The van der Waals surface area contributed by atoms with Crippen LogP contribution < -0.4 is 14.2 Å². The van der Waals surface area contributed by atoms with Crippen LogP contribution >= 0.6 is 0 Å². The molecule has 0 atom stereocenters. The monoisotopic (exact) mass is 452 g/mol. The van der Waals surface area contributed by atoms with Crippen LogP contribution in [0.4, 0.5) is 0 Å². The van der Waals surface area contributed by atoms with Crippen LogP contribution in [-0.4, -0.2) is 36.7 Å². The summed E-state index contributed by atoms with van der Waals surface area (Å²) in [6.07, 6.45) is 4.74. The van der Waals surface area contributed by atoms with Gasteiger partial charge in [0, 0.05) is 12.5 Å². The molecule has 176 valence electrons. The summed E-state index contributed by atoms with van der Waals surface area (Å²) in [5, 5.41) is 8.97. The zero-order chi connectivity index (χ0) is 24.2. The second kappa shape index (κ2) is 13.1.